The van der Waals surface area contributed by atoms with Crippen molar-refractivity contribution in [3.63, 3.8) is 0 Å². The SMILES string of the molecule is O=S(=O)=C(COCCCC1(c2ccc3ncnc(Nc4ccc(OCc5cccc(F)c5)c(Br)c4)c3c2)CC=CO1)c1ccccn1. The first-order valence-electron chi connectivity index (χ1n) is 14.9. The van der Waals surface area contributed by atoms with Gasteiger partial charge in [-0.05, 0) is 101 Å². The summed E-state index contributed by atoms with van der Waals surface area (Å²) in [6, 6.07) is 23.1. The van der Waals surface area contributed by atoms with E-state index in [0.29, 0.717) is 43.1 Å². The molecule has 1 unspecified atom stereocenters. The molecule has 2 aromatic heterocycles. The number of rotatable bonds is 13. The summed E-state index contributed by atoms with van der Waals surface area (Å²) in [5.41, 5.74) is 3.03. The quantitative estimate of drug-likeness (QED) is 0.0764. The van der Waals surface area contributed by atoms with Crippen LogP contribution in [0.15, 0.2) is 108 Å². The van der Waals surface area contributed by atoms with E-state index in [-0.39, 0.29) is 23.9 Å². The van der Waals surface area contributed by atoms with Crippen LogP contribution in [-0.2, 0) is 32.0 Å². The standard InChI is InChI=1S/C35H30BrFN4O5S/c36-29-20-27(10-12-32(29)45-21-24-6-3-7-26(37)18-24)41-34-28-19-25(9-11-30(28)39-23-40-34)35(14-5-17-46-35)13-4-16-44-22-33(47(42)43)31-8-1-2-15-38-31/h1-3,5-12,15,17-20,23H,4,13-14,16,21-22H2,(H,39,40,41). The van der Waals surface area contributed by atoms with E-state index in [2.05, 4.69) is 36.2 Å². The molecule has 1 N–H and O–H groups in total. The van der Waals surface area contributed by atoms with Crippen LogP contribution in [0.3, 0.4) is 0 Å². The van der Waals surface area contributed by atoms with Crippen LogP contribution in [0.4, 0.5) is 15.9 Å². The summed E-state index contributed by atoms with van der Waals surface area (Å²) < 4.78 is 55.7. The van der Waals surface area contributed by atoms with Gasteiger partial charge < -0.3 is 19.5 Å². The van der Waals surface area contributed by atoms with E-state index < -0.39 is 15.9 Å². The van der Waals surface area contributed by atoms with Crippen molar-refractivity contribution in [2.24, 2.45) is 0 Å². The first kappa shape index (κ1) is 32.3. The van der Waals surface area contributed by atoms with Crippen molar-refractivity contribution in [1.29, 1.82) is 0 Å². The summed E-state index contributed by atoms with van der Waals surface area (Å²) in [6.45, 7) is 0.524. The third-order valence-electron chi connectivity index (χ3n) is 7.73. The van der Waals surface area contributed by atoms with Gasteiger partial charge in [-0.1, -0.05) is 24.3 Å². The number of nitrogens with one attached hydrogen (secondary N) is 1. The Morgan fingerprint density at radius 2 is 1.94 bits per heavy atom. The molecule has 3 heterocycles. The summed E-state index contributed by atoms with van der Waals surface area (Å²) in [4.78, 5) is 13.2. The van der Waals surface area contributed by atoms with Crippen LogP contribution < -0.4 is 10.1 Å². The molecule has 0 aliphatic carbocycles. The first-order valence-corrected chi connectivity index (χ1v) is 16.7. The molecule has 0 amide bonds. The van der Waals surface area contributed by atoms with Gasteiger partial charge in [0.1, 0.15) is 40.8 Å². The number of pyridine rings is 1. The van der Waals surface area contributed by atoms with Crippen LogP contribution in [-0.4, -0.2) is 41.4 Å². The fraction of sp³-hybridized carbons (Fsp3) is 0.200. The van der Waals surface area contributed by atoms with Gasteiger partial charge in [0.05, 0.1) is 28.6 Å². The van der Waals surface area contributed by atoms with E-state index in [1.807, 2.05) is 48.5 Å². The minimum absolute atomic E-state index is 0.0577. The summed E-state index contributed by atoms with van der Waals surface area (Å²) >= 11 is 3.58. The Morgan fingerprint density at radius 1 is 1.02 bits per heavy atom. The van der Waals surface area contributed by atoms with Crippen LogP contribution in [0.25, 0.3) is 10.9 Å². The number of anilines is 2. The summed E-state index contributed by atoms with van der Waals surface area (Å²) in [5, 5.41) is 4.22. The lowest BCUT2D eigenvalue weighted by Gasteiger charge is -2.30. The molecule has 0 bridgehead atoms. The highest BCUT2D eigenvalue weighted by Crippen LogP contribution is 2.41. The third-order valence-corrected chi connectivity index (χ3v) is 9.08. The molecule has 0 spiro atoms. The van der Waals surface area contributed by atoms with Crippen molar-refractivity contribution in [2.45, 2.75) is 31.5 Å². The Balaban J connectivity index is 1.14. The predicted molar refractivity (Wildman–Crippen MR) is 182 cm³/mol. The van der Waals surface area contributed by atoms with Crippen molar-refractivity contribution in [1.82, 2.24) is 15.0 Å². The zero-order valence-corrected chi connectivity index (χ0v) is 27.5. The van der Waals surface area contributed by atoms with E-state index in [4.69, 9.17) is 14.2 Å². The second-order valence-electron chi connectivity index (χ2n) is 10.9. The number of aromatic nitrogens is 3. The predicted octanol–water partition coefficient (Wildman–Crippen LogP) is 7.27. The fourth-order valence-electron chi connectivity index (χ4n) is 5.38. The van der Waals surface area contributed by atoms with E-state index in [1.54, 1.807) is 36.7 Å². The molecule has 1 atom stereocenters. The fourth-order valence-corrected chi connectivity index (χ4v) is 6.34. The van der Waals surface area contributed by atoms with Crippen LogP contribution in [0, 0.1) is 5.82 Å². The molecule has 47 heavy (non-hydrogen) atoms. The first-order chi connectivity index (χ1) is 22.9. The van der Waals surface area contributed by atoms with Gasteiger partial charge in [-0.15, -0.1) is 0 Å². The molecule has 3 aromatic carbocycles. The molecule has 0 saturated heterocycles. The second-order valence-corrected chi connectivity index (χ2v) is 12.7. The highest BCUT2D eigenvalue weighted by Gasteiger charge is 2.35. The molecule has 9 nitrogen and oxygen atoms in total. The molecule has 12 heteroatoms. The van der Waals surface area contributed by atoms with E-state index in [9.17, 15) is 12.8 Å². The van der Waals surface area contributed by atoms with E-state index >= 15 is 0 Å². The number of fused-ring (bicyclic) bond motifs is 1. The van der Waals surface area contributed by atoms with E-state index in [1.165, 1.54) is 18.5 Å². The smallest absolute Gasteiger partial charge is 0.221 e. The largest absolute Gasteiger partial charge is 0.490 e. The van der Waals surface area contributed by atoms with Gasteiger partial charge in [0.25, 0.3) is 0 Å². The summed E-state index contributed by atoms with van der Waals surface area (Å²) in [6.07, 6.45) is 8.73. The van der Waals surface area contributed by atoms with Crippen molar-refractivity contribution in [2.75, 3.05) is 18.5 Å². The van der Waals surface area contributed by atoms with Gasteiger partial charge in [-0.25, -0.2) is 14.4 Å². The number of nitrogens with zero attached hydrogens (tertiary/aromatic N) is 3. The number of hydrogen-bond acceptors (Lipinski definition) is 9. The van der Waals surface area contributed by atoms with Crippen molar-refractivity contribution in [3.05, 3.63) is 131 Å². The van der Waals surface area contributed by atoms with Crippen LogP contribution >= 0.6 is 15.9 Å². The Bertz CT molecular complexity index is 2040. The number of ether oxygens (including phenoxy) is 3. The van der Waals surface area contributed by atoms with Gasteiger partial charge in [0.2, 0.25) is 10.3 Å². The van der Waals surface area contributed by atoms with Crippen LogP contribution in [0.5, 0.6) is 5.75 Å². The molecule has 0 radical (unpaired) electrons. The Kier molecular flexibility index (Phi) is 10.2. The Hall–Kier alpha value is -4.65. The average molecular weight is 718 g/mol. The maximum Gasteiger partial charge on any atom is 0.221 e. The van der Waals surface area contributed by atoms with Crippen LogP contribution in [0.1, 0.15) is 36.1 Å². The van der Waals surface area contributed by atoms with Crippen molar-refractivity contribution >= 4 is 53.5 Å². The average Bonchev–Trinajstić information content (AvgIpc) is 3.56. The number of halogens is 2. The van der Waals surface area contributed by atoms with Gasteiger partial charge in [-0.3, -0.25) is 4.98 Å². The lowest BCUT2D eigenvalue weighted by Crippen LogP contribution is -2.25. The highest BCUT2D eigenvalue weighted by molar-refractivity contribution is 9.10. The normalized spacial score (nSPS) is 15.4. The number of hydrogen-bond donors (Lipinski definition) is 1. The summed E-state index contributed by atoms with van der Waals surface area (Å²) in [7, 11) is -2.44. The van der Waals surface area contributed by atoms with Crippen LogP contribution in [0.2, 0.25) is 0 Å². The van der Waals surface area contributed by atoms with Gasteiger partial charge in [-0.2, -0.15) is 8.42 Å². The zero-order chi connectivity index (χ0) is 32.6. The maximum absolute atomic E-state index is 13.5. The van der Waals surface area contributed by atoms with Crippen molar-refractivity contribution in [3.8, 4) is 5.75 Å². The molecule has 1 aliphatic rings. The van der Waals surface area contributed by atoms with Crippen molar-refractivity contribution < 1.29 is 27.0 Å². The topological polar surface area (TPSA) is 113 Å². The minimum Gasteiger partial charge on any atom is -0.490 e. The Labute approximate surface area is 281 Å². The molecule has 240 valence electrons. The second kappa shape index (κ2) is 14.8. The Morgan fingerprint density at radius 3 is 2.70 bits per heavy atom. The number of benzene rings is 3. The highest BCUT2D eigenvalue weighted by atomic mass is 79.9. The lowest BCUT2D eigenvalue weighted by atomic mass is 9.86. The van der Waals surface area contributed by atoms with Gasteiger partial charge >= 0.3 is 0 Å². The third kappa shape index (κ3) is 7.84. The summed E-state index contributed by atoms with van der Waals surface area (Å²) in [5.74, 6) is 0.949. The molecule has 6 rings (SSSR count). The zero-order valence-electron chi connectivity index (χ0n) is 25.1. The van der Waals surface area contributed by atoms with Gasteiger partial charge in [0, 0.05) is 30.3 Å². The maximum atomic E-state index is 13.5. The molecule has 0 fully saturated rings. The lowest BCUT2D eigenvalue weighted by molar-refractivity contribution is 0.0224. The monoisotopic (exact) mass is 716 g/mol. The molecule has 5 aromatic rings. The van der Waals surface area contributed by atoms with Gasteiger partial charge in [0.15, 0.2) is 0 Å². The van der Waals surface area contributed by atoms with E-state index in [0.717, 1.165) is 32.2 Å². The minimum atomic E-state index is -2.44. The molecular weight excluding hydrogens is 687 g/mol. The molecule has 0 saturated carbocycles. The molecular formula is C35H30BrFN4O5S. The molecule has 1 aliphatic heterocycles.